The Kier molecular flexibility index (Phi) is 6.98. The van der Waals surface area contributed by atoms with Crippen molar-refractivity contribution in [1.29, 1.82) is 0 Å². The zero-order valence-corrected chi connectivity index (χ0v) is 18.0. The highest BCUT2D eigenvalue weighted by Crippen LogP contribution is 2.29. The average molecular weight is 404 g/mol. The number of nitrogens with zero attached hydrogens (tertiary/aromatic N) is 2. The fraction of sp³-hybridized carbons (Fsp3) is 0.423. The molecule has 1 aliphatic carbocycles. The summed E-state index contributed by atoms with van der Waals surface area (Å²) in [5.74, 6) is 0.161. The van der Waals surface area contributed by atoms with E-state index in [0.29, 0.717) is 0 Å². The van der Waals surface area contributed by atoms with Crippen molar-refractivity contribution < 1.29 is 4.79 Å². The van der Waals surface area contributed by atoms with E-state index in [4.69, 9.17) is 0 Å². The molecule has 0 bridgehead atoms. The Morgan fingerprint density at radius 1 is 1.07 bits per heavy atom. The maximum atomic E-state index is 13.0. The van der Waals surface area contributed by atoms with Gasteiger partial charge in [0.05, 0.1) is 12.1 Å². The largest absolute Gasteiger partial charge is 0.348 e. The predicted octanol–water partition coefficient (Wildman–Crippen LogP) is 3.90. The van der Waals surface area contributed by atoms with Crippen LogP contribution in [0.15, 0.2) is 60.7 Å². The molecule has 30 heavy (non-hydrogen) atoms. The normalized spacial score (nSPS) is 21.3. The van der Waals surface area contributed by atoms with E-state index >= 15 is 0 Å². The van der Waals surface area contributed by atoms with Gasteiger partial charge < -0.3 is 5.32 Å². The Labute approximate surface area is 180 Å². The van der Waals surface area contributed by atoms with Crippen LogP contribution in [0.3, 0.4) is 0 Å². The van der Waals surface area contributed by atoms with Gasteiger partial charge in [-0.2, -0.15) is 0 Å². The molecule has 1 aliphatic heterocycles. The molecule has 1 N–H and O–H groups in total. The third-order valence-electron chi connectivity index (χ3n) is 6.49. The second-order valence-corrected chi connectivity index (χ2v) is 8.48. The topological polar surface area (TPSA) is 35.6 Å². The fourth-order valence-corrected chi connectivity index (χ4v) is 4.60. The molecule has 1 saturated heterocycles. The zero-order valence-electron chi connectivity index (χ0n) is 18.0. The van der Waals surface area contributed by atoms with E-state index < -0.39 is 0 Å². The summed E-state index contributed by atoms with van der Waals surface area (Å²) in [5, 5.41) is 3.33. The highest BCUT2D eigenvalue weighted by atomic mass is 16.2. The molecule has 4 nitrogen and oxygen atoms in total. The van der Waals surface area contributed by atoms with Crippen LogP contribution in [0.4, 0.5) is 0 Å². The third-order valence-corrected chi connectivity index (χ3v) is 6.49. The first-order valence-corrected chi connectivity index (χ1v) is 11.3. The number of amides is 1. The molecule has 0 saturated carbocycles. The van der Waals surface area contributed by atoms with Gasteiger partial charge in [-0.15, -0.1) is 0 Å². The van der Waals surface area contributed by atoms with Crippen LogP contribution in [0, 0.1) is 0 Å². The summed E-state index contributed by atoms with van der Waals surface area (Å²) in [7, 11) is 0. The summed E-state index contributed by atoms with van der Waals surface area (Å²) < 4.78 is 0. The lowest BCUT2D eigenvalue weighted by Crippen LogP contribution is -2.54. The predicted molar refractivity (Wildman–Crippen MR) is 123 cm³/mol. The minimum atomic E-state index is -0.0823. The van der Waals surface area contributed by atoms with Gasteiger partial charge >= 0.3 is 0 Å². The Morgan fingerprint density at radius 2 is 1.80 bits per heavy atom. The van der Waals surface area contributed by atoms with Gasteiger partial charge in [0.15, 0.2) is 0 Å². The summed E-state index contributed by atoms with van der Waals surface area (Å²) in [6.07, 6.45) is 7.73. The summed E-state index contributed by atoms with van der Waals surface area (Å²) in [6.45, 7) is 6.90. The smallest absolute Gasteiger partial charge is 0.237 e. The van der Waals surface area contributed by atoms with E-state index in [9.17, 15) is 4.79 Å². The number of aryl methyl sites for hydroxylation is 1. The Hall–Kier alpha value is -2.43. The molecular weight excluding hydrogens is 370 g/mol. The first kappa shape index (κ1) is 20.8. The van der Waals surface area contributed by atoms with Crippen LogP contribution in [0.25, 0.3) is 6.08 Å². The van der Waals surface area contributed by atoms with Crippen LogP contribution in [0.5, 0.6) is 0 Å². The Morgan fingerprint density at radius 3 is 2.60 bits per heavy atom. The highest BCUT2D eigenvalue weighted by molar-refractivity contribution is 5.81. The van der Waals surface area contributed by atoms with Crippen molar-refractivity contribution in [2.24, 2.45) is 0 Å². The van der Waals surface area contributed by atoms with Crippen molar-refractivity contribution in [3.63, 3.8) is 0 Å². The molecule has 0 radical (unpaired) electrons. The quantitative estimate of drug-likeness (QED) is 0.795. The van der Waals surface area contributed by atoms with Gasteiger partial charge in [0, 0.05) is 32.7 Å². The summed E-state index contributed by atoms with van der Waals surface area (Å²) in [6, 6.07) is 19.1. The number of carbonyl (C=O) groups excluding carboxylic acids is 1. The molecule has 4 rings (SSSR count). The first-order valence-electron chi connectivity index (χ1n) is 11.3. The summed E-state index contributed by atoms with van der Waals surface area (Å²) in [4.78, 5) is 17.7. The van der Waals surface area contributed by atoms with Gasteiger partial charge in [-0.3, -0.25) is 14.6 Å². The van der Waals surface area contributed by atoms with Crippen LogP contribution in [0.2, 0.25) is 0 Å². The van der Waals surface area contributed by atoms with E-state index in [2.05, 4.69) is 82.7 Å². The summed E-state index contributed by atoms with van der Waals surface area (Å²) >= 11 is 0. The van der Waals surface area contributed by atoms with Crippen molar-refractivity contribution in [2.45, 2.75) is 38.3 Å². The minimum absolute atomic E-state index is 0.0823. The number of rotatable bonds is 6. The molecule has 2 aliphatic rings. The molecule has 0 spiro atoms. The van der Waals surface area contributed by atoms with Crippen LogP contribution in [-0.4, -0.2) is 54.5 Å². The zero-order chi connectivity index (χ0) is 20.8. The van der Waals surface area contributed by atoms with Gasteiger partial charge in [0.2, 0.25) is 5.91 Å². The number of fused-ring (bicyclic) bond motifs is 1. The minimum Gasteiger partial charge on any atom is -0.348 e. The van der Waals surface area contributed by atoms with E-state index in [1.165, 1.54) is 16.7 Å². The lowest BCUT2D eigenvalue weighted by atomic mass is 9.87. The van der Waals surface area contributed by atoms with Crippen LogP contribution in [-0.2, 0) is 11.2 Å². The molecule has 2 unspecified atom stereocenters. The molecule has 1 fully saturated rings. The molecule has 2 aromatic carbocycles. The number of hydrogen-bond acceptors (Lipinski definition) is 3. The van der Waals surface area contributed by atoms with Crippen molar-refractivity contribution in [2.75, 3.05) is 32.7 Å². The van der Waals surface area contributed by atoms with Crippen LogP contribution in [0.1, 0.15) is 42.5 Å². The Bertz CT molecular complexity index is 856. The number of hydrogen-bond donors (Lipinski definition) is 1. The van der Waals surface area contributed by atoms with Crippen molar-refractivity contribution in [1.82, 2.24) is 15.1 Å². The van der Waals surface area contributed by atoms with Crippen molar-refractivity contribution in [3.8, 4) is 0 Å². The maximum Gasteiger partial charge on any atom is 0.237 e. The van der Waals surface area contributed by atoms with E-state index in [0.717, 1.165) is 52.0 Å². The third kappa shape index (κ3) is 5.18. The molecule has 158 valence electrons. The standard InChI is InChI=1S/C26H33N3O/c1-21(26(30)27-25-15-7-13-23-12-5-6-14-24(23)25)29-19-17-28(18-20-29)16-8-11-22-9-3-2-4-10-22/h2-6,8-12,14,21,25H,7,13,15-20H2,1H3,(H,27,30). The molecule has 0 aromatic heterocycles. The fourth-order valence-electron chi connectivity index (χ4n) is 4.60. The first-order chi connectivity index (χ1) is 14.7. The number of carbonyl (C=O) groups is 1. The molecule has 2 aromatic rings. The van der Waals surface area contributed by atoms with Gasteiger partial charge in [0.25, 0.3) is 0 Å². The lowest BCUT2D eigenvalue weighted by molar-refractivity contribution is -0.127. The summed E-state index contributed by atoms with van der Waals surface area (Å²) in [5.41, 5.74) is 3.93. The van der Waals surface area contributed by atoms with E-state index in [1.807, 2.05) is 6.07 Å². The highest BCUT2D eigenvalue weighted by Gasteiger charge is 2.28. The van der Waals surface area contributed by atoms with E-state index in [-0.39, 0.29) is 18.0 Å². The van der Waals surface area contributed by atoms with Crippen molar-refractivity contribution in [3.05, 3.63) is 77.4 Å². The van der Waals surface area contributed by atoms with Gasteiger partial charge in [-0.25, -0.2) is 0 Å². The lowest BCUT2D eigenvalue weighted by Gasteiger charge is -2.37. The second-order valence-electron chi connectivity index (χ2n) is 8.48. The number of nitrogens with one attached hydrogen (secondary N) is 1. The number of benzene rings is 2. The molecule has 1 amide bonds. The van der Waals surface area contributed by atoms with Crippen molar-refractivity contribution >= 4 is 12.0 Å². The second kappa shape index (κ2) is 10.1. The van der Waals surface area contributed by atoms with Crippen LogP contribution >= 0.6 is 0 Å². The van der Waals surface area contributed by atoms with Gasteiger partial charge in [-0.05, 0) is 42.9 Å². The van der Waals surface area contributed by atoms with Gasteiger partial charge in [0.1, 0.15) is 0 Å². The molecule has 2 atom stereocenters. The van der Waals surface area contributed by atoms with E-state index in [1.54, 1.807) is 0 Å². The van der Waals surface area contributed by atoms with Crippen LogP contribution < -0.4 is 5.32 Å². The Balaban J connectivity index is 1.25. The molecule has 1 heterocycles. The molecular formula is C26H33N3O. The average Bonchev–Trinajstić information content (AvgIpc) is 2.80. The maximum absolute atomic E-state index is 13.0. The molecule has 4 heteroatoms. The monoisotopic (exact) mass is 403 g/mol. The SMILES string of the molecule is CC(C(=O)NC1CCCc2ccccc21)N1CCN(CC=Cc2ccccc2)CC1. The number of piperazine rings is 1. The van der Waals surface area contributed by atoms with Gasteiger partial charge in [-0.1, -0.05) is 66.7 Å².